The van der Waals surface area contributed by atoms with Crippen LogP contribution in [-0.2, 0) is 0 Å². The van der Waals surface area contributed by atoms with E-state index < -0.39 is 0 Å². The Morgan fingerprint density at radius 1 is 0.355 bits per heavy atom. The Bertz CT molecular complexity index is 3560. The van der Waals surface area contributed by atoms with Crippen LogP contribution in [0, 0.1) is 0 Å². The van der Waals surface area contributed by atoms with E-state index in [-0.39, 0.29) is 0 Å². The second kappa shape index (κ2) is 14.7. The summed E-state index contributed by atoms with van der Waals surface area (Å²) in [6, 6.07) is 71.0. The molecule has 290 valence electrons. The molecule has 0 spiro atoms. The van der Waals surface area contributed by atoms with Crippen molar-refractivity contribution in [3.05, 3.63) is 212 Å². The standard InChI is InChI=1S/C56H35N5O/c1-5-18-36(19-6-1)41-26-13-14-27-42(41)39-34-45(56-59-54(37-20-7-2-8-21-37)58-55(60-56)38-22-9-3-10-23-38)53(57-35-39)44-29-17-31-48-51(44)52-49(62-48)33-32-47-50(52)43-28-15-16-30-46(43)61(47)40-24-11-4-12-25-40/h1-35H. The highest BCUT2D eigenvalue weighted by Crippen LogP contribution is 2.46. The minimum Gasteiger partial charge on any atom is -0.456 e. The molecule has 4 heterocycles. The van der Waals surface area contributed by atoms with Gasteiger partial charge < -0.3 is 8.98 Å². The number of hydrogen-bond acceptors (Lipinski definition) is 5. The molecule has 0 N–H and O–H groups in total. The summed E-state index contributed by atoms with van der Waals surface area (Å²) in [5.41, 5.74) is 13.4. The maximum Gasteiger partial charge on any atom is 0.166 e. The summed E-state index contributed by atoms with van der Waals surface area (Å²) in [5, 5.41) is 4.29. The summed E-state index contributed by atoms with van der Waals surface area (Å²) < 4.78 is 9.11. The first kappa shape index (κ1) is 35.5. The zero-order chi connectivity index (χ0) is 41.0. The van der Waals surface area contributed by atoms with Crippen molar-refractivity contribution in [2.45, 2.75) is 0 Å². The van der Waals surface area contributed by atoms with Crippen molar-refractivity contribution >= 4 is 43.7 Å². The lowest BCUT2D eigenvalue weighted by molar-refractivity contribution is 0.669. The van der Waals surface area contributed by atoms with Crippen LogP contribution in [0.3, 0.4) is 0 Å². The number of aromatic nitrogens is 5. The van der Waals surface area contributed by atoms with E-state index in [2.05, 4.69) is 138 Å². The van der Waals surface area contributed by atoms with Crippen molar-refractivity contribution in [2.75, 3.05) is 0 Å². The van der Waals surface area contributed by atoms with Gasteiger partial charge in [0, 0.05) is 61.2 Å². The second-order valence-corrected chi connectivity index (χ2v) is 15.4. The number of fused-ring (bicyclic) bond motifs is 7. The number of furan rings is 1. The maximum atomic E-state index is 6.77. The molecular formula is C56H35N5O. The maximum absolute atomic E-state index is 6.77. The number of nitrogens with zero attached hydrogens (tertiary/aromatic N) is 5. The van der Waals surface area contributed by atoms with Crippen LogP contribution in [0.25, 0.3) is 117 Å². The number of pyridine rings is 1. The predicted molar refractivity (Wildman–Crippen MR) is 252 cm³/mol. The molecule has 0 atom stereocenters. The van der Waals surface area contributed by atoms with E-state index >= 15 is 0 Å². The van der Waals surface area contributed by atoms with Gasteiger partial charge in [-0.15, -0.1) is 0 Å². The third kappa shape index (κ3) is 5.88. The first-order chi connectivity index (χ1) is 30.8. The van der Waals surface area contributed by atoms with Gasteiger partial charge in [0.05, 0.1) is 16.7 Å². The Hall–Kier alpha value is -8.48. The third-order valence-corrected chi connectivity index (χ3v) is 11.7. The van der Waals surface area contributed by atoms with Crippen LogP contribution in [0.2, 0.25) is 0 Å². The van der Waals surface area contributed by atoms with E-state index in [1.54, 1.807) is 0 Å². The molecule has 0 amide bonds. The smallest absolute Gasteiger partial charge is 0.166 e. The zero-order valence-corrected chi connectivity index (χ0v) is 33.4. The molecule has 0 radical (unpaired) electrons. The average Bonchev–Trinajstić information content (AvgIpc) is 3.91. The molecule has 0 aliphatic heterocycles. The van der Waals surface area contributed by atoms with Crippen LogP contribution in [0.1, 0.15) is 0 Å². The van der Waals surface area contributed by atoms with Crippen molar-refractivity contribution in [3.8, 4) is 73.4 Å². The lowest BCUT2D eigenvalue weighted by atomic mass is 9.92. The molecule has 0 saturated carbocycles. The Morgan fingerprint density at radius 3 is 1.60 bits per heavy atom. The van der Waals surface area contributed by atoms with Gasteiger partial charge in [-0.1, -0.05) is 164 Å². The Kier molecular flexibility index (Phi) is 8.38. The largest absolute Gasteiger partial charge is 0.456 e. The Labute approximate surface area is 357 Å². The highest BCUT2D eigenvalue weighted by molar-refractivity contribution is 6.29. The molecule has 0 aliphatic rings. The lowest BCUT2D eigenvalue weighted by Crippen LogP contribution is -2.02. The van der Waals surface area contributed by atoms with Crippen molar-refractivity contribution in [2.24, 2.45) is 0 Å². The van der Waals surface area contributed by atoms with Gasteiger partial charge in [-0.25, -0.2) is 15.0 Å². The number of rotatable bonds is 7. The lowest BCUT2D eigenvalue weighted by Gasteiger charge is -2.15. The van der Waals surface area contributed by atoms with Crippen LogP contribution in [0.5, 0.6) is 0 Å². The molecule has 12 aromatic rings. The molecule has 6 nitrogen and oxygen atoms in total. The second-order valence-electron chi connectivity index (χ2n) is 15.4. The third-order valence-electron chi connectivity index (χ3n) is 11.7. The fourth-order valence-corrected chi connectivity index (χ4v) is 8.95. The molecule has 0 aliphatic carbocycles. The Balaban J connectivity index is 1.18. The van der Waals surface area contributed by atoms with Crippen molar-refractivity contribution in [1.29, 1.82) is 0 Å². The average molecular weight is 794 g/mol. The summed E-state index contributed by atoms with van der Waals surface area (Å²) in [6.07, 6.45) is 1.98. The highest BCUT2D eigenvalue weighted by Gasteiger charge is 2.24. The minimum atomic E-state index is 0.523. The molecule has 12 rings (SSSR count). The number of benzene rings is 8. The molecule has 0 bridgehead atoms. The molecule has 6 heteroatoms. The summed E-state index contributed by atoms with van der Waals surface area (Å²) in [7, 11) is 0. The summed E-state index contributed by atoms with van der Waals surface area (Å²) >= 11 is 0. The topological polar surface area (TPSA) is 69.6 Å². The van der Waals surface area contributed by atoms with Crippen molar-refractivity contribution in [3.63, 3.8) is 0 Å². The van der Waals surface area contributed by atoms with Crippen LogP contribution in [0.4, 0.5) is 0 Å². The van der Waals surface area contributed by atoms with Gasteiger partial charge in [0.15, 0.2) is 17.5 Å². The predicted octanol–water partition coefficient (Wildman–Crippen LogP) is 14.3. The molecule has 0 saturated heterocycles. The van der Waals surface area contributed by atoms with E-state index in [1.807, 2.05) is 79.0 Å². The van der Waals surface area contributed by atoms with Crippen molar-refractivity contribution in [1.82, 2.24) is 24.5 Å². The SMILES string of the molecule is c1ccc(-c2nc(-c3ccccc3)nc(-c3cc(-c4ccccc4-c4ccccc4)cnc3-c3cccc4oc5ccc6c(c7ccccc7n6-c6ccccc6)c5c34)n2)cc1. The number of para-hydroxylation sites is 2. The minimum absolute atomic E-state index is 0.523. The summed E-state index contributed by atoms with van der Waals surface area (Å²) in [5.74, 6) is 1.69. The van der Waals surface area contributed by atoms with Crippen molar-refractivity contribution < 1.29 is 4.42 Å². The quantitative estimate of drug-likeness (QED) is 0.161. The first-order valence-corrected chi connectivity index (χ1v) is 20.7. The molecule has 4 aromatic heterocycles. The van der Waals surface area contributed by atoms with E-state index in [1.165, 1.54) is 0 Å². The molecule has 0 fully saturated rings. The van der Waals surface area contributed by atoms with E-state index in [0.717, 1.165) is 99.6 Å². The zero-order valence-electron chi connectivity index (χ0n) is 33.4. The van der Waals surface area contributed by atoms with E-state index in [9.17, 15) is 0 Å². The highest BCUT2D eigenvalue weighted by atomic mass is 16.3. The molecule has 8 aromatic carbocycles. The van der Waals surface area contributed by atoms with Gasteiger partial charge in [0.25, 0.3) is 0 Å². The monoisotopic (exact) mass is 793 g/mol. The van der Waals surface area contributed by atoms with Gasteiger partial charge in [-0.2, -0.15) is 0 Å². The van der Waals surface area contributed by atoms with Gasteiger partial charge in [-0.05, 0) is 59.2 Å². The van der Waals surface area contributed by atoms with Crippen LogP contribution in [0.15, 0.2) is 217 Å². The van der Waals surface area contributed by atoms with Gasteiger partial charge in [0.1, 0.15) is 11.2 Å². The summed E-state index contributed by atoms with van der Waals surface area (Å²) in [6.45, 7) is 0. The number of hydrogen-bond donors (Lipinski definition) is 0. The van der Waals surface area contributed by atoms with Gasteiger partial charge >= 0.3 is 0 Å². The van der Waals surface area contributed by atoms with Crippen LogP contribution >= 0.6 is 0 Å². The fourth-order valence-electron chi connectivity index (χ4n) is 8.95. The molecule has 0 unspecified atom stereocenters. The van der Waals surface area contributed by atoms with E-state index in [0.29, 0.717) is 17.5 Å². The first-order valence-electron chi connectivity index (χ1n) is 20.7. The molecule has 62 heavy (non-hydrogen) atoms. The van der Waals surface area contributed by atoms with E-state index in [4.69, 9.17) is 24.4 Å². The normalized spacial score (nSPS) is 11.5. The van der Waals surface area contributed by atoms with Gasteiger partial charge in [-0.3, -0.25) is 4.98 Å². The molecular weight excluding hydrogens is 759 g/mol. The fraction of sp³-hybridized carbons (Fsp3) is 0. The Morgan fingerprint density at radius 2 is 0.903 bits per heavy atom. The van der Waals surface area contributed by atoms with Crippen LogP contribution in [-0.4, -0.2) is 24.5 Å². The summed E-state index contributed by atoms with van der Waals surface area (Å²) in [4.78, 5) is 21.0. The van der Waals surface area contributed by atoms with Gasteiger partial charge in [0.2, 0.25) is 0 Å². The van der Waals surface area contributed by atoms with Crippen LogP contribution < -0.4 is 0 Å².